The molecule has 0 heterocycles. The second kappa shape index (κ2) is 6.59. The summed E-state index contributed by atoms with van der Waals surface area (Å²) in [5.41, 5.74) is 1.70. The van der Waals surface area contributed by atoms with Crippen LogP contribution in [0.15, 0.2) is 42.5 Å². The highest BCUT2D eigenvalue weighted by molar-refractivity contribution is 6.02. The molecule has 0 unspecified atom stereocenters. The van der Waals surface area contributed by atoms with Crippen molar-refractivity contribution in [3.8, 4) is 11.5 Å². The number of anilines is 1. The molecule has 0 bridgehead atoms. The molecule has 0 saturated heterocycles. The highest BCUT2D eigenvalue weighted by atomic mass is 16.5. The number of nitrogens with one attached hydrogen (secondary N) is 1. The molecular weight excluding hydrogens is 318 g/mol. The van der Waals surface area contributed by atoms with Crippen molar-refractivity contribution < 1.29 is 19.1 Å². The van der Waals surface area contributed by atoms with Gasteiger partial charge in [0.25, 0.3) is 0 Å². The molecule has 0 aromatic heterocycles. The lowest BCUT2D eigenvalue weighted by atomic mass is 9.94. The lowest BCUT2D eigenvalue weighted by Crippen LogP contribution is -2.27. The fourth-order valence-electron chi connectivity index (χ4n) is 2.94. The zero-order valence-corrected chi connectivity index (χ0v) is 14.6. The lowest BCUT2D eigenvalue weighted by Gasteiger charge is -2.18. The van der Waals surface area contributed by atoms with Gasteiger partial charge in [-0.15, -0.1) is 0 Å². The van der Waals surface area contributed by atoms with E-state index in [-0.39, 0.29) is 11.7 Å². The summed E-state index contributed by atoms with van der Waals surface area (Å²) in [6.45, 7) is 1.52. The number of hydrogen-bond acceptors (Lipinski definition) is 4. The van der Waals surface area contributed by atoms with E-state index in [1.165, 1.54) is 6.92 Å². The molecule has 5 nitrogen and oxygen atoms in total. The Bertz CT molecular complexity index is 807. The van der Waals surface area contributed by atoms with E-state index in [2.05, 4.69) is 5.32 Å². The predicted octanol–water partition coefficient (Wildman–Crippen LogP) is 3.58. The van der Waals surface area contributed by atoms with Crippen molar-refractivity contribution in [3.63, 3.8) is 0 Å². The van der Waals surface area contributed by atoms with Crippen LogP contribution in [0.1, 0.15) is 35.7 Å². The van der Waals surface area contributed by atoms with Gasteiger partial charge in [-0.25, -0.2) is 0 Å². The number of carbonyl (C=O) groups is 2. The van der Waals surface area contributed by atoms with E-state index < -0.39 is 5.41 Å². The van der Waals surface area contributed by atoms with Gasteiger partial charge in [-0.2, -0.15) is 0 Å². The number of rotatable bonds is 6. The minimum absolute atomic E-state index is 0.00173. The summed E-state index contributed by atoms with van der Waals surface area (Å²) < 4.78 is 10.6. The maximum absolute atomic E-state index is 12.8. The molecule has 3 rings (SSSR count). The van der Waals surface area contributed by atoms with Crippen LogP contribution in [0, 0.1) is 0 Å². The van der Waals surface area contributed by atoms with E-state index in [0.717, 1.165) is 18.4 Å². The van der Waals surface area contributed by atoms with Crippen molar-refractivity contribution in [2.45, 2.75) is 25.2 Å². The SMILES string of the molecule is COc1ccc(C2(C(=O)Nc3ccc(C(C)=O)cc3)CC2)cc1OC. The van der Waals surface area contributed by atoms with Crippen molar-refractivity contribution in [2.75, 3.05) is 19.5 Å². The average molecular weight is 339 g/mol. The van der Waals surface area contributed by atoms with Crippen molar-refractivity contribution in [1.82, 2.24) is 0 Å². The second-order valence-electron chi connectivity index (χ2n) is 6.24. The van der Waals surface area contributed by atoms with Gasteiger partial charge in [-0.05, 0) is 61.7 Å². The van der Waals surface area contributed by atoms with Crippen LogP contribution in [-0.4, -0.2) is 25.9 Å². The minimum atomic E-state index is -0.529. The average Bonchev–Trinajstić information content (AvgIpc) is 3.43. The smallest absolute Gasteiger partial charge is 0.235 e. The zero-order valence-electron chi connectivity index (χ0n) is 14.6. The molecule has 1 saturated carbocycles. The predicted molar refractivity (Wildman–Crippen MR) is 95.5 cm³/mol. The van der Waals surface area contributed by atoms with Gasteiger partial charge in [-0.3, -0.25) is 9.59 Å². The molecule has 1 aliphatic carbocycles. The van der Waals surface area contributed by atoms with Crippen LogP contribution in [0.4, 0.5) is 5.69 Å². The minimum Gasteiger partial charge on any atom is -0.493 e. The lowest BCUT2D eigenvalue weighted by molar-refractivity contribution is -0.118. The van der Waals surface area contributed by atoms with Crippen LogP contribution in [0.2, 0.25) is 0 Å². The summed E-state index contributed by atoms with van der Waals surface area (Å²) in [5, 5.41) is 2.95. The molecule has 0 spiro atoms. The number of methoxy groups -OCH3 is 2. The quantitative estimate of drug-likeness (QED) is 0.817. The van der Waals surface area contributed by atoms with E-state index in [9.17, 15) is 9.59 Å². The standard InChI is InChI=1S/C20H21NO4/c1-13(22)14-4-7-16(8-5-14)21-19(23)20(10-11-20)15-6-9-17(24-2)18(12-15)25-3/h4-9,12H,10-11H2,1-3H3,(H,21,23). The third-order valence-corrected chi connectivity index (χ3v) is 4.67. The maximum atomic E-state index is 12.8. The van der Waals surface area contributed by atoms with Crippen molar-refractivity contribution in [3.05, 3.63) is 53.6 Å². The van der Waals surface area contributed by atoms with Gasteiger partial charge in [0, 0.05) is 11.3 Å². The highest BCUT2D eigenvalue weighted by Crippen LogP contribution is 2.50. The Morgan fingerprint density at radius 3 is 2.12 bits per heavy atom. The Balaban J connectivity index is 1.80. The molecule has 1 N–H and O–H groups in total. The van der Waals surface area contributed by atoms with Gasteiger partial charge >= 0.3 is 0 Å². The molecule has 1 aliphatic rings. The first kappa shape index (κ1) is 17.0. The highest BCUT2D eigenvalue weighted by Gasteiger charge is 2.51. The number of amides is 1. The van der Waals surface area contributed by atoms with Gasteiger partial charge in [0.1, 0.15) is 0 Å². The molecule has 1 fully saturated rings. The number of ether oxygens (including phenoxy) is 2. The molecule has 0 radical (unpaired) electrons. The largest absolute Gasteiger partial charge is 0.493 e. The van der Waals surface area contributed by atoms with Crippen LogP contribution in [0.25, 0.3) is 0 Å². The summed E-state index contributed by atoms with van der Waals surface area (Å²) in [4.78, 5) is 24.2. The Morgan fingerprint density at radius 1 is 0.960 bits per heavy atom. The van der Waals surface area contributed by atoms with Crippen LogP contribution in [-0.2, 0) is 10.2 Å². The van der Waals surface area contributed by atoms with Gasteiger partial charge in [-0.1, -0.05) is 6.07 Å². The summed E-state index contributed by atoms with van der Waals surface area (Å²) in [7, 11) is 3.17. The summed E-state index contributed by atoms with van der Waals surface area (Å²) in [6, 6.07) is 12.5. The summed E-state index contributed by atoms with van der Waals surface area (Å²) in [6.07, 6.45) is 1.58. The fraction of sp³-hybridized carbons (Fsp3) is 0.300. The van der Waals surface area contributed by atoms with E-state index in [0.29, 0.717) is 22.7 Å². The Morgan fingerprint density at radius 2 is 1.60 bits per heavy atom. The number of Topliss-reactive ketones (excluding diaryl/α,β-unsaturated/α-hetero) is 1. The topological polar surface area (TPSA) is 64.6 Å². The molecule has 0 atom stereocenters. The van der Waals surface area contributed by atoms with Crippen LogP contribution < -0.4 is 14.8 Å². The van der Waals surface area contributed by atoms with E-state index >= 15 is 0 Å². The van der Waals surface area contributed by atoms with Gasteiger partial charge in [0.15, 0.2) is 17.3 Å². The van der Waals surface area contributed by atoms with Gasteiger partial charge in [0.05, 0.1) is 19.6 Å². The molecule has 5 heteroatoms. The molecule has 130 valence electrons. The first-order valence-corrected chi connectivity index (χ1v) is 8.15. The van der Waals surface area contributed by atoms with Crippen molar-refractivity contribution in [2.24, 2.45) is 0 Å². The molecule has 1 amide bonds. The van der Waals surface area contributed by atoms with Crippen molar-refractivity contribution >= 4 is 17.4 Å². The van der Waals surface area contributed by atoms with Crippen LogP contribution in [0.3, 0.4) is 0 Å². The van der Waals surface area contributed by atoms with Crippen LogP contribution in [0.5, 0.6) is 11.5 Å². The molecule has 2 aromatic rings. The summed E-state index contributed by atoms with van der Waals surface area (Å²) in [5.74, 6) is 1.21. The monoisotopic (exact) mass is 339 g/mol. The molecule has 25 heavy (non-hydrogen) atoms. The Kier molecular flexibility index (Phi) is 4.49. The molecular formula is C20H21NO4. The van der Waals surface area contributed by atoms with Crippen molar-refractivity contribution in [1.29, 1.82) is 0 Å². The Labute approximate surface area is 147 Å². The number of benzene rings is 2. The van der Waals surface area contributed by atoms with E-state index in [4.69, 9.17) is 9.47 Å². The summed E-state index contributed by atoms with van der Waals surface area (Å²) >= 11 is 0. The first-order chi connectivity index (χ1) is 12.0. The Hall–Kier alpha value is -2.82. The van der Waals surface area contributed by atoms with Gasteiger partial charge < -0.3 is 14.8 Å². The normalized spacial score (nSPS) is 14.5. The molecule has 2 aromatic carbocycles. The fourth-order valence-corrected chi connectivity index (χ4v) is 2.94. The third kappa shape index (κ3) is 3.22. The number of ketones is 1. The first-order valence-electron chi connectivity index (χ1n) is 8.15. The van der Waals surface area contributed by atoms with Gasteiger partial charge in [0.2, 0.25) is 5.91 Å². The zero-order chi connectivity index (χ0) is 18.0. The number of hydrogen-bond donors (Lipinski definition) is 1. The van der Waals surface area contributed by atoms with Crippen LogP contribution >= 0.6 is 0 Å². The van der Waals surface area contributed by atoms with E-state index in [1.807, 2.05) is 18.2 Å². The maximum Gasteiger partial charge on any atom is 0.235 e. The van der Waals surface area contributed by atoms with E-state index in [1.54, 1.807) is 38.5 Å². The number of carbonyl (C=O) groups excluding carboxylic acids is 2. The third-order valence-electron chi connectivity index (χ3n) is 4.67. The second-order valence-corrected chi connectivity index (χ2v) is 6.24. The molecule has 0 aliphatic heterocycles.